The highest BCUT2D eigenvalue weighted by Crippen LogP contribution is 2.17. The van der Waals surface area contributed by atoms with E-state index in [0.717, 1.165) is 12.8 Å². The van der Waals surface area contributed by atoms with Gasteiger partial charge >= 0.3 is 0 Å². The molecule has 0 aliphatic rings. The highest BCUT2D eigenvalue weighted by Gasteiger charge is 2.08. The van der Waals surface area contributed by atoms with E-state index in [2.05, 4.69) is 12.2 Å². The van der Waals surface area contributed by atoms with E-state index in [4.69, 9.17) is 10.5 Å². The van der Waals surface area contributed by atoms with Crippen LogP contribution in [0.3, 0.4) is 0 Å². The third kappa shape index (κ3) is 6.02. The Morgan fingerprint density at radius 3 is 2.95 bits per heavy atom. The molecule has 20 heavy (non-hydrogen) atoms. The minimum absolute atomic E-state index is 0.121. The van der Waals surface area contributed by atoms with E-state index >= 15 is 0 Å². The van der Waals surface area contributed by atoms with Crippen LogP contribution in [0.5, 0.6) is 0 Å². The molecule has 1 aromatic carbocycles. The minimum atomic E-state index is -0.486. The van der Waals surface area contributed by atoms with Crippen LogP contribution in [0.15, 0.2) is 18.2 Å². The maximum atomic E-state index is 13.4. The lowest BCUT2D eigenvalue weighted by molar-refractivity contribution is -0.116. The maximum Gasteiger partial charge on any atom is 0.224 e. The number of nitrogens with two attached hydrogens (primary N) is 1. The largest absolute Gasteiger partial charge is 0.399 e. The number of ether oxygens (including phenoxy) is 1. The van der Waals surface area contributed by atoms with Gasteiger partial charge in [-0.25, -0.2) is 4.39 Å². The summed E-state index contributed by atoms with van der Waals surface area (Å²) < 4.78 is 19.0. The van der Waals surface area contributed by atoms with Crippen molar-refractivity contribution < 1.29 is 13.9 Å². The van der Waals surface area contributed by atoms with Crippen LogP contribution in [0, 0.1) is 5.82 Å². The molecule has 0 aromatic heterocycles. The average molecular weight is 282 g/mol. The van der Waals surface area contributed by atoms with Crippen molar-refractivity contribution in [1.29, 1.82) is 0 Å². The number of carbonyl (C=O) groups is 1. The molecule has 0 fully saturated rings. The van der Waals surface area contributed by atoms with E-state index in [1.165, 1.54) is 18.2 Å². The summed E-state index contributed by atoms with van der Waals surface area (Å²) in [7, 11) is 0. The second kappa shape index (κ2) is 8.53. The Bertz CT molecular complexity index is 438. The highest BCUT2D eigenvalue weighted by atomic mass is 19.1. The molecule has 112 valence electrons. The molecule has 0 bridgehead atoms. The molecule has 0 aliphatic carbocycles. The summed E-state index contributed by atoms with van der Waals surface area (Å²) in [6.07, 6.45) is 3.22. The summed E-state index contributed by atoms with van der Waals surface area (Å²) in [6.45, 7) is 4.66. The first-order valence-corrected chi connectivity index (χ1v) is 6.99. The molecule has 4 nitrogen and oxygen atoms in total. The van der Waals surface area contributed by atoms with Crippen LogP contribution < -0.4 is 11.1 Å². The van der Waals surface area contributed by atoms with Crippen molar-refractivity contribution >= 4 is 17.3 Å². The van der Waals surface area contributed by atoms with Crippen LogP contribution in [-0.4, -0.2) is 18.6 Å². The van der Waals surface area contributed by atoms with Gasteiger partial charge in [-0.2, -0.15) is 0 Å². The van der Waals surface area contributed by atoms with Crippen molar-refractivity contribution in [2.24, 2.45) is 0 Å². The van der Waals surface area contributed by atoms with Crippen molar-refractivity contribution in [3.63, 3.8) is 0 Å². The quantitative estimate of drug-likeness (QED) is 0.568. The fraction of sp³-hybridized carbons (Fsp3) is 0.533. The molecule has 0 aliphatic heterocycles. The van der Waals surface area contributed by atoms with Gasteiger partial charge in [0.15, 0.2) is 0 Å². The smallest absolute Gasteiger partial charge is 0.224 e. The van der Waals surface area contributed by atoms with Crippen LogP contribution in [0.2, 0.25) is 0 Å². The first-order valence-electron chi connectivity index (χ1n) is 6.99. The molecular weight excluding hydrogens is 259 g/mol. The number of amides is 1. The second-order valence-corrected chi connectivity index (χ2v) is 4.86. The van der Waals surface area contributed by atoms with Crippen LogP contribution in [0.4, 0.5) is 15.8 Å². The van der Waals surface area contributed by atoms with Crippen molar-refractivity contribution in [2.75, 3.05) is 17.7 Å². The minimum Gasteiger partial charge on any atom is -0.399 e. The Balaban J connectivity index is 2.28. The molecule has 1 aromatic rings. The van der Waals surface area contributed by atoms with Crippen molar-refractivity contribution in [1.82, 2.24) is 0 Å². The van der Waals surface area contributed by atoms with Crippen LogP contribution >= 0.6 is 0 Å². The third-order valence-corrected chi connectivity index (χ3v) is 2.91. The SMILES string of the molecule is CCCC(C)OCCCC(=O)Nc1cc(N)ccc1F. The van der Waals surface area contributed by atoms with Gasteiger partial charge in [-0.05, 0) is 38.0 Å². The number of benzene rings is 1. The molecule has 1 atom stereocenters. The second-order valence-electron chi connectivity index (χ2n) is 4.86. The van der Waals surface area contributed by atoms with Gasteiger partial charge in [0.1, 0.15) is 5.82 Å². The Kier molecular flexibility index (Phi) is 7.01. The van der Waals surface area contributed by atoms with E-state index in [9.17, 15) is 9.18 Å². The number of rotatable bonds is 8. The molecule has 0 heterocycles. The van der Waals surface area contributed by atoms with Gasteiger partial charge in [-0.3, -0.25) is 4.79 Å². The van der Waals surface area contributed by atoms with Crippen LogP contribution in [0.1, 0.15) is 39.5 Å². The molecule has 3 N–H and O–H groups in total. The van der Waals surface area contributed by atoms with E-state index in [0.29, 0.717) is 25.1 Å². The fourth-order valence-corrected chi connectivity index (χ4v) is 1.86. The number of hydrogen-bond donors (Lipinski definition) is 2. The van der Waals surface area contributed by atoms with Crippen molar-refractivity contribution in [3.8, 4) is 0 Å². The topological polar surface area (TPSA) is 64.3 Å². The van der Waals surface area contributed by atoms with Gasteiger partial charge in [0, 0.05) is 18.7 Å². The fourth-order valence-electron chi connectivity index (χ4n) is 1.86. The summed E-state index contributed by atoms with van der Waals surface area (Å²) in [5.41, 5.74) is 6.08. The zero-order valence-corrected chi connectivity index (χ0v) is 12.1. The summed E-state index contributed by atoms with van der Waals surface area (Å²) >= 11 is 0. The molecule has 1 unspecified atom stereocenters. The number of halogens is 1. The zero-order chi connectivity index (χ0) is 15.0. The molecule has 1 amide bonds. The number of anilines is 2. The zero-order valence-electron chi connectivity index (χ0n) is 12.1. The molecule has 0 saturated carbocycles. The number of carbonyl (C=O) groups excluding carboxylic acids is 1. The highest BCUT2D eigenvalue weighted by molar-refractivity contribution is 5.91. The average Bonchev–Trinajstić information content (AvgIpc) is 2.39. The lowest BCUT2D eigenvalue weighted by Crippen LogP contribution is -2.15. The molecular formula is C15H23FN2O2. The summed E-state index contributed by atoms with van der Waals surface area (Å²) in [5, 5.41) is 2.51. The van der Waals surface area contributed by atoms with Gasteiger partial charge in [0.2, 0.25) is 5.91 Å². The maximum absolute atomic E-state index is 13.4. The van der Waals surface area contributed by atoms with Crippen molar-refractivity contribution in [3.05, 3.63) is 24.0 Å². The Morgan fingerprint density at radius 2 is 2.25 bits per heavy atom. The summed E-state index contributed by atoms with van der Waals surface area (Å²) in [5.74, 6) is -0.721. The Morgan fingerprint density at radius 1 is 1.50 bits per heavy atom. The van der Waals surface area contributed by atoms with E-state index < -0.39 is 5.82 Å². The lowest BCUT2D eigenvalue weighted by atomic mass is 10.2. The molecule has 0 radical (unpaired) electrons. The van der Waals surface area contributed by atoms with Gasteiger partial charge < -0.3 is 15.8 Å². The molecule has 1 rings (SSSR count). The predicted molar refractivity (Wildman–Crippen MR) is 79.0 cm³/mol. The number of nitrogens with one attached hydrogen (secondary N) is 1. The first-order chi connectivity index (χ1) is 9.52. The van der Waals surface area contributed by atoms with Crippen LogP contribution in [0.25, 0.3) is 0 Å². The lowest BCUT2D eigenvalue weighted by Gasteiger charge is -2.11. The Hall–Kier alpha value is -1.62. The molecule has 0 saturated heterocycles. The van der Waals surface area contributed by atoms with E-state index in [1.54, 1.807) is 0 Å². The predicted octanol–water partition coefficient (Wildman–Crippen LogP) is 3.33. The number of hydrogen-bond acceptors (Lipinski definition) is 3. The normalized spacial score (nSPS) is 12.2. The standard InChI is InChI=1S/C15H23FN2O2/c1-3-5-11(2)20-9-4-6-15(19)18-14-10-12(17)7-8-13(14)16/h7-8,10-11H,3-6,9,17H2,1-2H3,(H,18,19). The monoisotopic (exact) mass is 282 g/mol. The molecule has 5 heteroatoms. The van der Waals surface area contributed by atoms with Crippen LogP contribution in [-0.2, 0) is 9.53 Å². The van der Waals surface area contributed by atoms with Gasteiger partial charge in [-0.15, -0.1) is 0 Å². The van der Waals surface area contributed by atoms with E-state index in [1.807, 2.05) is 6.92 Å². The number of nitrogen functional groups attached to an aromatic ring is 1. The first kappa shape index (κ1) is 16.4. The van der Waals surface area contributed by atoms with Gasteiger partial charge in [0.25, 0.3) is 0 Å². The third-order valence-electron chi connectivity index (χ3n) is 2.91. The van der Waals surface area contributed by atoms with Gasteiger partial charge in [0.05, 0.1) is 11.8 Å². The van der Waals surface area contributed by atoms with Gasteiger partial charge in [-0.1, -0.05) is 13.3 Å². The van der Waals surface area contributed by atoms with E-state index in [-0.39, 0.29) is 17.7 Å². The molecule has 0 spiro atoms. The van der Waals surface area contributed by atoms with Crippen molar-refractivity contribution in [2.45, 2.75) is 45.6 Å². The summed E-state index contributed by atoms with van der Waals surface area (Å²) in [4.78, 5) is 11.7. The summed E-state index contributed by atoms with van der Waals surface area (Å²) in [6, 6.07) is 4.10. The Labute approximate surface area is 119 Å².